The van der Waals surface area contributed by atoms with Gasteiger partial charge >= 0.3 is 12.1 Å². The number of carboxylic acid groups (broad SMARTS) is 1. The Bertz CT molecular complexity index is 844. The molecule has 0 aromatic carbocycles. The molecule has 1 fully saturated rings. The zero-order valence-corrected chi connectivity index (χ0v) is 19.0. The average molecular weight is 469 g/mol. The van der Waals surface area contributed by atoms with E-state index in [1.165, 1.54) is 29.7 Å². The van der Waals surface area contributed by atoms with Gasteiger partial charge in [-0.25, -0.2) is 9.59 Å². The van der Waals surface area contributed by atoms with Crippen molar-refractivity contribution in [2.24, 2.45) is 11.8 Å². The first-order chi connectivity index (χ1) is 15.1. The van der Waals surface area contributed by atoms with Crippen molar-refractivity contribution in [1.29, 1.82) is 0 Å². The summed E-state index contributed by atoms with van der Waals surface area (Å²) in [7, 11) is 0. The maximum atomic E-state index is 12.5. The number of thioether (sulfide) groups is 1. The highest BCUT2D eigenvalue weighted by Gasteiger charge is 2.57. The largest absolute Gasteiger partial charge is 0.477 e. The first-order valence-electron chi connectivity index (χ1n) is 10.1. The number of carbonyl (C=O) groups is 5. The van der Waals surface area contributed by atoms with Gasteiger partial charge < -0.3 is 30.7 Å². The van der Waals surface area contributed by atoms with Gasteiger partial charge in [-0.1, -0.05) is 19.6 Å². The van der Waals surface area contributed by atoms with Crippen LogP contribution in [-0.2, 0) is 23.9 Å². The van der Waals surface area contributed by atoms with Gasteiger partial charge in [-0.05, 0) is 19.6 Å². The summed E-state index contributed by atoms with van der Waals surface area (Å²) in [5, 5.41) is 16.8. The average Bonchev–Trinajstić information content (AvgIpc) is 3.01. The fourth-order valence-corrected chi connectivity index (χ4v) is 4.73. The lowest BCUT2D eigenvalue weighted by atomic mass is 9.80. The molecule has 176 valence electrons. The summed E-state index contributed by atoms with van der Waals surface area (Å²) in [5.74, 6) is -2.83. The van der Waals surface area contributed by atoms with Crippen LogP contribution in [0.5, 0.6) is 0 Å². The molecule has 32 heavy (non-hydrogen) atoms. The predicted molar refractivity (Wildman–Crippen MR) is 116 cm³/mol. The molecule has 4 amide bonds. The molecule has 0 saturated carbocycles. The molecule has 0 aromatic rings. The monoisotopic (exact) mass is 468 g/mol. The van der Waals surface area contributed by atoms with Crippen molar-refractivity contribution in [1.82, 2.24) is 20.9 Å². The summed E-state index contributed by atoms with van der Waals surface area (Å²) in [4.78, 5) is 61.4. The van der Waals surface area contributed by atoms with E-state index in [1.807, 2.05) is 6.92 Å². The molecule has 0 aromatic heterocycles. The summed E-state index contributed by atoms with van der Waals surface area (Å²) in [6.45, 7) is 6.67. The van der Waals surface area contributed by atoms with Crippen LogP contribution in [0.2, 0.25) is 0 Å². The van der Waals surface area contributed by atoms with E-state index in [1.54, 1.807) is 6.26 Å². The second kappa shape index (κ2) is 11.0. The Hall–Kier alpha value is -3.02. The quantitative estimate of drug-likeness (QED) is 0.245. The molecule has 2 aliphatic rings. The van der Waals surface area contributed by atoms with Crippen LogP contribution >= 0.6 is 11.8 Å². The number of hydrogen-bond acceptors (Lipinski definition) is 7. The number of aliphatic carboxylic acids is 1. The van der Waals surface area contributed by atoms with Crippen LogP contribution in [-0.4, -0.2) is 77.8 Å². The van der Waals surface area contributed by atoms with Crippen molar-refractivity contribution < 1.29 is 33.8 Å². The van der Waals surface area contributed by atoms with Crippen LogP contribution in [0.15, 0.2) is 23.3 Å². The van der Waals surface area contributed by atoms with Crippen molar-refractivity contribution in [3.8, 4) is 0 Å². The van der Waals surface area contributed by atoms with Crippen LogP contribution in [0.3, 0.4) is 0 Å². The zero-order chi connectivity index (χ0) is 24.0. The van der Waals surface area contributed by atoms with Crippen molar-refractivity contribution >= 4 is 41.5 Å². The number of β-lactam (4-membered cyclic amide) rings is 1. The van der Waals surface area contributed by atoms with Crippen LogP contribution in [0.1, 0.15) is 20.3 Å². The molecule has 4 atom stereocenters. The highest BCUT2D eigenvalue weighted by molar-refractivity contribution is 8.02. The maximum absolute atomic E-state index is 12.5. The van der Waals surface area contributed by atoms with Gasteiger partial charge in [0.15, 0.2) is 0 Å². The molecule has 0 bridgehead atoms. The lowest BCUT2D eigenvalue weighted by Gasteiger charge is -2.45. The Morgan fingerprint density at radius 1 is 1.31 bits per heavy atom. The molecule has 0 radical (unpaired) electrons. The minimum Gasteiger partial charge on any atom is -0.477 e. The third kappa shape index (κ3) is 5.42. The van der Waals surface area contributed by atoms with E-state index in [0.29, 0.717) is 11.3 Å². The summed E-state index contributed by atoms with van der Waals surface area (Å²) in [6, 6.07) is -1.12. The number of ether oxygens (including phenoxy) is 1. The summed E-state index contributed by atoms with van der Waals surface area (Å²) < 4.78 is 4.71. The lowest BCUT2D eigenvalue weighted by molar-refractivity contribution is -0.157. The van der Waals surface area contributed by atoms with Gasteiger partial charge in [-0.15, -0.1) is 11.8 Å². The molecule has 4 N–H and O–H groups in total. The Kier molecular flexibility index (Phi) is 8.70. The van der Waals surface area contributed by atoms with Gasteiger partial charge in [0.25, 0.3) is 0 Å². The number of nitrogens with zero attached hydrogens (tertiary/aromatic N) is 1. The van der Waals surface area contributed by atoms with Crippen LogP contribution in [0.25, 0.3) is 0 Å². The Morgan fingerprint density at radius 3 is 2.59 bits per heavy atom. The van der Waals surface area contributed by atoms with E-state index < -0.39 is 29.9 Å². The zero-order valence-electron chi connectivity index (χ0n) is 18.2. The SMILES string of the molecule is C=CCOC(=O)N[C@@H](C)C(=O)NCC(=O)NCCC1C(=O)N2C(C(=O)O)=C(SC)[C@H](C)C12. The van der Waals surface area contributed by atoms with Crippen molar-refractivity contribution in [2.45, 2.75) is 32.4 Å². The number of carbonyl (C=O) groups excluding carboxylic acids is 4. The molecule has 2 unspecified atom stereocenters. The molecule has 11 nitrogen and oxygen atoms in total. The standard InChI is InChI=1S/C20H28N4O7S/c1-5-8-31-20(30)23-11(3)17(26)22-9-13(25)21-7-6-12-14-10(2)16(32-4)15(19(28)29)24(14)18(12)27/h5,10-12,14H,1,6-9H2,2-4H3,(H,21,25)(H,22,26)(H,23,30)(H,28,29)/t10-,11+,12?,14?/m1/s1. The molecule has 2 heterocycles. The van der Waals surface area contributed by atoms with E-state index >= 15 is 0 Å². The highest BCUT2D eigenvalue weighted by Crippen LogP contribution is 2.49. The second-order valence-corrected chi connectivity index (χ2v) is 8.27. The Balaban J connectivity index is 1.74. The van der Waals surface area contributed by atoms with Gasteiger partial charge in [-0.2, -0.15) is 0 Å². The topological polar surface area (TPSA) is 154 Å². The smallest absolute Gasteiger partial charge is 0.408 e. The molecular weight excluding hydrogens is 440 g/mol. The maximum Gasteiger partial charge on any atom is 0.408 e. The number of fused-ring (bicyclic) bond motifs is 1. The van der Waals surface area contributed by atoms with Gasteiger partial charge in [0, 0.05) is 17.4 Å². The van der Waals surface area contributed by atoms with E-state index in [4.69, 9.17) is 4.74 Å². The fourth-order valence-electron chi connectivity index (χ4n) is 3.84. The number of carboxylic acids is 1. The molecule has 1 saturated heterocycles. The lowest BCUT2D eigenvalue weighted by Crippen LogP contribution is -2.60. The minimum absolute atomic E-state index is 0.00967. The number of hydrogen-bond donors (Lipinski definition) is 4. The fraction of sp³-hybridized carbons (Fsp3) is 0.550. The van der Waals surface area contributed by atoms with Crippen LogP contribution < -0.4 is 16.0 Å². The van der Waals surface area contributed by atoms with Crippen LogP contribution in [0, 0.1) is 11.8 Å². The first kappa shape index (κ1) is 25.2. The van der Waals surface area contributed by atoms with Gasteiger partial charge in [-0.3, -0.25) is 14.4 Å². The summed E-state index contributed by atoms with van der Waals surface area (Å²) in [6.07, 6.45) is 2.77. The van der Waals surface area contributed by atoms with Gasteiger partial charge in [0.1, 0.15) is 18.3 Å². The summed E-state index contributed by atoms with van der Waals surface area (Å²) >= 11 is 1.33. The normalized spacial score (nSPS) is 22.4. The van der Waals surface area contributed by atoms with Gasteiger partial charge in [0.2, 0.25) is 17.7 Å². The minimum atomic E-state index is -1.11. The number of nitrogens with one attached hydrogen (secondary N) is 3. The Labute approximate surface area is 190 Å². The molecule has 2 rings (SSSR count). The third-order valence-corrected chi connectivity index (χ3v) is 6.35. The first-order valence-corrected chi connectivity index (χ1v) is 11.3. The molecular formula is C20H28N4O7S. The molecule has 2 aliphatic heterocycles. The number of amides is 4. The van der Waals surface area contributed by atoms with Gasteiger partial charge in [0.05, 0.1) is 18.5 Å². The predicted octanol–water partition coefficient (Wildman–Crippen LogP) is 0.0455. The van der Waals surface area contributed by atoms with Crippen molar-refractivity contribution in [3.63, 3.8) is 0 Å². The number of rotatable bonds is 11. The summed E-state index contributed by atoms with van der Waals surface area (Å²) in [5.41, 5.74) is 0.0547. The van der Waals surface area contributed by atoms with E-state index in [-0.39, 0.29) is 49.2 Å². The molecule has 0 spiro atoms. The Morgan fingerprint density at radius 2 is 2.00 bits per heavy atom. The van der Waals surface area contributed by atoms with E-state index in [2.05, 4.69) is 22.5 Å². The van der Waals surface area contributed by atoms with E-state index in [9.17, 15) is 29.1 Å². The van der Waals surface area contributed by atoms with Crippen molar-refractivity contribution in [3.05, 3.63) is 23.3 Å². The van der Waals surface area contributed by atoms with E-state index in [0.717, 1.165) is 0 Å². The molecule has 12 heteroatoms. The third-order valence-electron chi connectivity index (χ3n) is 5.35. The highest BCUT2D eigenvalue weighted by atomic mass is 32.2. The number of alkyl carbamates (subject to hydrolysis) is 1. The van der Waals surface area contributed by atoms with Crippen LogP contribution in [0.4, 0.5) is 4.79 Å². The van der Waals surface area contributed by atoms with Crippen molar-refractivity contribution in [2.75, 3.05) is 26.0 Å². The molecule has 0 aliphatic carbocycles. The second-order valence-electron chi connectivity index (χ2n) is 7.43.